The highest BCUT2D eigenvalue weighted by atomic mass is 19.4. The van der Waals surface area contributed by atoms with E-state index in [9.17, 15) is 18.0 Å². The Bertz CT molecular complexity index is 1150. The van der Waals surface area contributed by atoms with Crippen LogP contribution < -0.4 is 4.90 Å². The van der Waals surface area contributed by atoms with Gasteiger partial charge in [0.25, 0.3) is 0 Å². The van der Waals surface area contributed by atoms with Crippen LogP contribution in [-0.2, 0) is 22.3 Å². The molecule has 1 unspecified atom stereocenters. The number of hydrogen-bond donors (Lipinski definition) is 0. The summed E-state index contributed by atoms with van der Waals surface area (Å²) in [6.45, 7) is 5.08. The number of rotatable bonds is 5. The van der Waals surface area contributed by atoms with Crippen molar-refractivity contribution < 1.29 is 22.7 Å². The molecule has 0 radical (unpaired) electrons. The normalized spacial score (nSPS) is 20.2. The molecule has 1 aromatic heterocycles. The van der Waals surface area contributed by atoms with E-state index < -0.39 is 11.7 Å². The van der Waals surface area contributed by atoms with E-state index in [0.717, 1.165) is 68.4 Å². The van der Waals surface area contributed by atoms with Gasteiger partial charge in [0.2, 0.25) is 5.91 Å². The van der Waals surface area contributed by atoms with Gasteiger partial charge in [-0.1, -0.05) is 18.2 Å². The molecule has 1 atom stereocenters. The molecule has 174 valence electrons. The molecule has 1 amide bonds. The topological polar surface area (TPSA) is 50.6 Å². The average Bonchev–Trinajstić information content (AvgIpc) is 3.38. The fraction of sp³-hybridized carbons (Fsp3) is 0.417. The number of amides is 1. The summed E-state index contributed by atoms with van der Waals surface area (Å²) in [5, 5.41) is 0. The van der Waals surface area contributed by atoms with Gasteiger partial charge in [-0.15, -0.1) is 0 Å². The van der Waals surface area contributed by atoms with Gasteiger partial charge in [0, 0.05) is 50.7 Å². The van der Waals surface area contributed by atoms with E-state index >= 15 is 0 Å². The first kappa shape index (κ1) is 21.9. The van der Waals surface area contributed by atoms with Gasteiger partial charge in [-0.05, 0) is 30.3 Å². The number of halogens is 3. The zero-order valence-corrected chi connectivity index (χ0v) is 18.1. The lowest BCUT2D eigenvalue weighted by molar-refractivity contribution is -0.137. The molecule has 0 aliphatic carbocycles. The minimum atomic E-state index is -4.45. The molecule has 6 nitrogen and oxygen atoms in total. The minimum absolute atomic E-state index is 0.189. The van der Waals surface area contributed by atoms with Crippen LogP contribution in [0.3, 0.4) is 0 Å². The standard InChI is InChI=1S/C24H25F3N4O2/c25-24(26,27)18-4-3-5-19(15-18)31-16-17(14-22(31)32)23-28-20-6-1-2-7-21(20)30(23)9-8-29-10-12-33-13-11-29/h1-7,15,17H,8-14,16H2. The van der Waals surface area contributed by atoms with Gasteiger partial charge >= 0.3 is 6.18 Å². The molecule has 2 saturated heterocycles. The lowest BCUT2D eigenvalue weighted by Crippen LogP contribution is -2.38. The fourth-order valence-corrected chi connectivity index (χ4v) is 4.69. The number of para-hydroxylation sites is 2. The molecule has 2 fully saturated rings. The number of aromatic nitrogens is 2. The van der Waals surface area contributed by atoms with E-state index in [2.05, 4.69) is 9.47 Å². The Morgan fingerprint density at radius 2 is 1.82 bits per heavy atom. The quantitative estimate of drug-likeness (QED) is 0.582. The smallest absolute Gasteiger partial charge is 0.379 e. The Hall–Kier alpha value is -2.91. The number of morpholine rings is 1. The molecule has 2 aliphatic heterocycles. The number of ether oxygens (including phenoxy) is 1. The molecule has 3 heterocycles. The summed E-state index contributed by atoms with van der Waals surface area (Å²) >= 11 is 0. The molecule has 0 spiro atoms. The maximum atomic E-state index is 13.2. The van der Waals surface area contributed by atoms with Crippen molar-refractivity contribution in [3.05, 3.63) is 59.9 Å². The fourth-order valence-electron chi connectivity index (χ4n) is 4.69. The second-order valence-corrected chi connectivity index (χ2v) is 8.52. The molecule has 33 heavy (non-hydrogen) atoms. The third-order valence-corrected chi connectivity index (χ3v) is 6.40. The Labute approximate surface area is 189 Å². The van der Waals surface area contributed by atoms with Crippen molar-refractivity contribution in [1.82, 2.24) is 14.5 Å². The van der Waals surface area contributed by atoms with Crippen molar-refractivity contribution in [2.24, 2.45) is 0 Å². The number of carbonyl (C=O) groups is 1. The minimum Gasteiger partial charge on any atom is -0.379 e. The van der Waals surface area contributed by atoms with Gasteiger partial charge in [0.05, 0.1) is 29.8 Å². The third-order valence-electron chi connectivity index (χ3n) is 6.40. The van der Waals surface area contributed by atoms with Crippen LogP contribution in [0.1, 0.15) is 23.7 Å². The summed E-state index contributed by atoms with van der Waals surface area (Å²) in [5.74, 6) is 0.433. The Morgan fingerprint density at radius 3 is 2.61 bits per heavy atom. The highest BCUT2D eigenvalue weighted by Crippen LogP contribution is 2.36. The van der Waals surface area contributed by atoms with Crippen LogP contribution in [0.5, 0.6) is 0 Å². The first-order valence-corrected chi connectivity index (χ1v) is 11.1. The van der Waals surface area contributed by atoms with Crippen molar-refractivity contribution in [3.63, 3.8) is 0 Å². The van der Waals surface area contributed by atoms with Gasteiger partial charge in [-0.3, -0.25) is 9.69 Å². The number of carbonyl (C=O) groups excluding carboxylic acids is 1. The molecule has 0 bridgehead atoms. The Balaban J connectivity index is 1.42. The van der Waals surface area contributed by atoms with Gasteiger partial charge in [0.1, 0.15) is 5.82 Å². The van der Waals surface area contributed by atoms with Gasteiger partial charge in [-0.2, -0.15) is 13.2 Å². The number of nitrogens with zero attached hydrogens (tertiary/aromatic N) is 4. The van der Waals surface area contributed by atoms with Crippen LogP contribution in [0, 0.1) is 0 Å². The molecular formula is C24H25F3N4O2. The van der Waals surface area contributed by atoms with Gasteiger partial charge < -0.3 is 14.2 Å². The van der Waals surface area contributed by atoms with Crippen molar-refractivity contribution in [1.29, 1.82) is 0 Å². The average molecular weight is 458 g/mol. The van der Waals surface area contributed by atoms with Crippen LogP contribution in [0.15, 0.2) is 48.5 Å². The number of alkyl halides is 3. The highest BCUT2D eigenvalue weighted by Gasteiger charge is 2.36. The van der Waals surface area contributed by atoms with Crippen LogP contribution in [0.4, 0.5) is 18.9 Å². The molecule has 5 rings (SSSR count). The zero-order chi connectivity index (χ0) is 23.0. The van der Waals surface area contributed by atoms with Gasteiger partial charge in [-0.25, -0.2) is 4.98 Å². The van der Waals surface area contributed by atoms with E-state index in [1.54, 1.807) is 6.07 Å². The number of hydrogen-bond acceptors (Lipinski definition) is 4. The lowest BCUT2D eigenvalue weighted by atomic mass is 10.1. The molecule has 2 aliphatic rings. The Morgan fingerprint density at radius 1 is 1.03 bits per heavy atom. The lowest BCUT2D eigenvalue weighted by Gasteiger charge is -2.27. The molecule has 2 aromatic carbocycles. The number of anilines is 1. The first-order chi connectivity index (χ1) is 15.9. The van der Waals surface area contributed by atoms with E-state index in [1.807, 2.05) is 24.3 Å². The number of benzene rings is 2. The maximum Gasteiger partial charge on any atom is 0.416 e. The van der Waals surface area contributed by atoms with E-state index in [0.29, 0.717) is 6.54 Å². The number of fused-ring (bicyclic) bond motifs is 1. The van der Waals surface area contributed by atoms with Crippen LogP contribution >= 0.6 is 0 Å². The molecule has 9 heteroatoms. The SMILES string of the molecule is O=C1CC(c2nc3ccccc3n2CCN2CCOCC2)CN1c1cccc(C(F)(F)F)c1. The zero-order valence-electron chi connectivity index (χ0n) is 18.1. The molecule has 0 N–H and O–H groups in total. The van der Waals surface area contributed by atoms with Crippen LogP contribution in [-0.4, -0.2) is 59.8 Å². The van der Waals surface area contributed by atoms with Crippen LogP contribution in [0.2, 0.25) is 0 Å². The second kappa shape index (κ2) is 8.79. The Kier molecular flexibility index (Phi) is 5.84. The summed E-state index contributed by atoms with van der Waals surface area (Å²) < 4.78 is 47.1. The van der Waals surface area contributed by atoms with E-state index in [-0.39, 0.29) is 23.9 Å². The maximum absolute atomic E-state index is 13.2. The van der Waals surface area contributed by atoms with E-state index in [4.69, 9.17) is 9.72 Å². The van der Waals surface area contributed by atoms with Crippen molar-refractivity contribution in [2.45, 2.75) is 25.1 Å². The summed E-state index contributed by atoms with van der Waals surface area (Å²) in [4.78, 5) is 21.5. The van der Waals surface area contributed by atoms with Crippen molar-refractivity contribution in [3.8, 4) is 0 Å². The van der Waals surface area contributed by atoms with Crippen LogP contribution in [0.25, 0.3) is 11.0 Å². The second-order valence-electron chi connectivity index (χ2n) is 8.52. The highest BCUT2D eigenvalue weighted by molar-refractivity contribution is 5.96. The number of imidazole rings is 1. The third kappa shape index (κ3) is 4.47. The summed E-state index contributed by atoms with van der Waals surface area (Å²) in [6.07, 6.45) is -4.23. The molecule has 0 saturated carbocycles. The van der Waals surface area contributed by atoms with Crippen molar-refractivity contribution >= 4 is 22.6 Å². The predicted molar refractivity (Wildman–Crippen MR) is 118 cm³/mol. The monoisotopic (exact) mass is 458 g/mol. The van der Waals surface area contributed by atoms with Gasteiger partial charge in [0.15, 0.2) is 0 Å². The largest absolute Gasteiger partial charge is 0.416 e. The molecular weight excluding hydrogens is 433 g/mol. The summed E-state index contributed by atoms with van der Waals surface area (Å²) in [5.41, 5.74) is 1.38. The first-order valence-electron chi connectivity index (χ1n) is 11.1. The van der Waals surface area contributed by atoms with Crippen molar-refractivity contribution in [2.75, 3.05) is 44.3 Å². The summed E-state index contributed by atoms with van der Waals surface area (Å²) in [7, 11) is 0. The van der Waals surface area contributed by atoms with E-state index in [1.165, 1.54) is 11.0 Å². The predicted octanol–water partition coefficient (Wildman–Crippen LogP) is 3.91. The summed E-state index contributed by atoms with van der Waals surface area (Å²) in [6, 6.07) is 12.8. The molecule has 3 aromatic rings.